The molecule has 8 aromatic rings. The fourth-order valence-corrected chi connectivity index (χ4v) is 15.5. The summed E-state index contributed by atoms with van der Waals surface area (Å²) in [5.74, 6) is 0. The molecular formula is C56H62O10P2PtS4. The first-order valence-electron chi connectivity index (χ1n) is 20.7. The van der Waals surface area contributed by atoms with Gasteiger partial charge in [0.25, 0.3) is 0 Å². The first-order valence-corrected chi connectivity index (χ1v) is 25.9. The number of carbonyl (C=O) groups is 4. The molecule has 0 fully saturated rings. The van der Waals surface area contributed by atoms with Gasteiger partial charge in [0.2, 0.25) is 0 Å². The van der Waals surface area contributed by atoms with Gasteiger partial charge in [-0.25, -0.2) is 0 Å². The van der Waals surface area contributed by atoms with Crippen LogP contribution in [0.3, 0.4) is 0 Å². The van der Waals surface area contributed by atoms with Crippen LogP contribution >= 0.6 is 14.5 Å². The molecule has 0 aliphatic rings. The molecule has 10 N–H and O–H groups in total. The van der Waals surface area contributed by atoms with Crippen LogP contribution in [-0.2, 0) is 90.8 Å². The predicted molar refractivity (Wildman–Crippen MR) is 313 cm³/mol. The van der Waals surface area contributed by atoms with Crippen LogP contribution in [0.4, 0.5) is 0 Å². The molecule has 0 radical (unpaired) electrons. The van der Waals surface area contributed by atoms with Crippen LogP contribution in [0.1, 0.15) is 27.7 Å². The Bertz CT molecular complexity index is 2090. The average Bonchev–Trinajstić information content (AvgIpc) is 3.32. The summed E-state index contributed by atoms with van der Waals surface area (Å²) in [6.07, 6.45) is 0. The molecule has 0 aromatic heterocycles. The van der Waals surface area contributed by atoms with Crippen molar-refractivity contribution in [3.63, 3.8) is 0 Å². The van der Waals surface area contributed by atoms with E-state index in [2.05, 4.69) is 293 Å². The van der Waals surface area contributed by atoms with Crippen molar-refractivity contribution in [3.8, 4) is 0 Å². The molecular weight excluding hydrogens is 1220 g/mol. The molecule has 0 saturated carbocycles. The van der Waals surface area contributed by atoms with Gasteiger partial charge in [0.15, 0.2) is 0 Å². The van der Waals surface area contributed by atoms with E-state index in [-0.39, 0.29) is 74.4 Å². The van der Waals surface area contributed by atoms with Gasteiger partial charge >= 0.3 is 21.1 Å². The third kappa shape index (κ3) is 24.5. The van der Waals surface area contributed by atoms with Gasteiger partial charge in [-0.15, -0.1) is 0 Å². The Morgan fingerprint density at radius 3 is 0.384 bits per heavy atom. The summed E-state index contributed by atoms with van der Waals surface area (Å²) in [5, 5.41) is 10.1. The smallest absolute Gasteiger partial charge is 0.870 e. The van der Waals surface area contributed by atoms with E-state index in [1.807, 2.05) is 0 Å². The molecule has 0 aliphatic heterocycles. The van der Waals surface area contributed by atoms with Crippen LogP contribution in [0.15, 0.2) is 243 Å². The van der Waals surface area contributed by atoms with Crippen molar-refractivity contribution in [3.05, 3.63) is 243 Å². The maximum Gasteiger partial charge on any atom is 4.00 e. The standard InChI is InChI=1S/2C24H20P.4C2H4OS.6H2O.Pt/c2*1-5-13-21(14-6-1)25(22-15-7-2-8-16-22,23-17-9-3-10-18-23)24-19-11-4-12-20-24;4*1-2(3)4;;;;;;;/h2*1-20H;4*1H3,(H,3,4);6*1H2;/q2*+1;;;;;;;;;;;+4/p-6. The molecule has 0 saturated heterocycles. The van der Waals surface area contributed by atoms with Gasteiger partial charge in [0.05, 0.1) is 0 Å². The number of hydrogen-bond acceptors (Lipinski definition) is 10. The molecule has 10 nitrogen and oxygen atoms in total. The number of rotatable bonds is 8. The van der Waals surface area contributed by atoms with E-state index in [9.17, 15) is 19.2 Å². The molecule has 0 bridgehead atoms. The second kappa shape index (κ2) is 42.0. The third-order valence-electron chi connectivity index (χ3n) is 9.15. The first-order chi connectivity index (χ1) is 31.8. The second-order valence-corrected chi connectivity index (χ2v) is 23.1. The fraction of sp³-hybridized carbons (Fsp3) is 0.0714. The van der Waals surface area contributed by atoms with E-state index in [4.69, 9.17) is 0 Å². The summed E-state index contributed by atoms with van der Waals surface area (Å²) < 4.78 is 0. The zero-order valence-corrected chi connectivity index (χ0v) is 47.8. The van der Waals surface area contributed by atoms with Crippen LogP contribution in [0.25, 0.3) is 0 Å². The van der Waals surface area contributed by atoms with E-state index in [0.29, 0.717) is 0 Å². The molecule has 73 heavy (non-hydrogen) atoms. The Morgan fingerprint density at radius 2 is 0.315 bits per heavy atom. The minimum absolute atomic E-state index is 0. The minimum Gasteiger partial charge on any atom is -0.870 e. The van der Waals surface area contributed by atoms with Crippen molar-refractivity contribution in [1.82, 2.24) is 0 Å². The molecule has 0 spiro atoms. The molecule has 8 rings (SSSR count). The van der Waals surface area contributed by atoms with Crippen molar-refractivity contribution in [2.45, 2.75) is 27.7 Å². The Labute approximate surface area is 467 Å². The number of hydrogen-bond donors (Lipinski definition) is 0. The van der Waals surface area contributed by atoms with E-state index < -0.39 is 14.5 Å². The van der Waals surface area contributed by atoms with Crippen molar-refractivity contribution in [2.24, 2.45) is 0 Å². The molecule has 0 unspecified atom stereocenters. The Balaban J connectivity index is -0.000000304. The van der Waals surface area contributed by atoms with Gasteiger partial charge < -0.3 is 103 Å². The van der Waals surface area contributed by atoms with E-state index >= 15 is 0 Å². The predicted octanol–water partition coefficient (Wildman–Crippen LogP) is 5.28. The SMILES string of the molecule is CC(=O)[S-].CC(=O)[S-].CC(=O)[S-].CC(=O)[S-].O.O.O.O.[OH-].[OH-].[Pt+4].c1ccc([P+](c2ccccc2)(c2ccccc2)c2ccccc2)cc1.c1ccc([P+](c2ccccc2)(c2ccccc2)c2ccccc2)cc1. The summed E-state index contributed by atoms with van der Waals surface area (Å²) in [5.41, 5.74) is 0. The van der Waals surface area contributed by atoms with Crippen molar-refractivity contribution < 1.29 is 73.1 Å². The molecule has 0 amide bonds. The van der Waals surface area contributed by atoms with E-state index in [1.54, 1.807) is 0 Å². The zero-order valence-electron chi connectivity index (χ0n) is 40.5. The maximum absolute atomic E-state index is 9.26. The Kier molecular flexibility index (Phi) is 44.1. The second-order valence-electron chi connectivity index (χ2n) is 14.0. The van der Waals surface area contributed by atoms with Crippen LogP contribution < -0.4 is 42.4 Å². The average molecular weight is 1280 g/mol. The van der Waals surface area contributed by atoms with Crippen LogP contribution in [-0.4, -0.2) is 53.3 Å². The normalized spacial score (nSPS) is 9.04. The molecule has 17 heteroatoms. The Morgan fingerprint density at radius 1 is 0.247 bits per heavy atom. The van der Waals surface area contributed by atoms with Crippen molar-refractivity contribution in [1.29, 1.82) is 0 Å². The maximum atomic E-state index is 9.26. The summed E-state index contributed by atoms with van der Waals surface area (Å²) in [6, 6.07) is 87.7. The summed E-state index contributed by atoms with van der Waals surface area (Å²) in [7, 11) is -3.81. The molecule has 0 aliphatic carbocycles. The van der Waals surface area contributed by atoms with Crippen LogP contribution in [0, 0.1) is 0 Å². The van der Waals surface area contributed by atoms with Crippen LogP contribution in [0.5, 0.6) is 0 Å². The summed E-state index contributed by atoms with van der Waals surface area (Å²) in [6.45, 7) is 5.37. The summed E-state index contributed by atoms with van der Waals surface area (Å²) in [4.78, 5) is 37.0. The third-order valence-corrected chi connectivity index (χ3v) is 17.7. The molecule has 390 valence electrons. The van der Waals surface area contributed by atoms with Gasteiger partial charge in [-0.2, -0.15) is 0 Å². The molecule has 0 heterocycles. The largest absolute Gasteiger partial charge is 4.00 e. The summed E-state index contributed by atoms with van der Waals surface area (Å²) >= 11 is 15.9. The van der Waals surface area contributed by atoms with Gasteiger partial charge in [0.1, 0.15) is 57.0 Å². The zero-order chi connectivity index (χ0) is 48.2. The first kappa shape index (κ1) is 76.5. The van der Waals surface area contributed by atoms with Crippen molar-refractivity contribution in [2.75, 3.05) is 0 Å². The quantitative estimate of drug-likeness (QED) is 0.141. The van der Waals surface area contributed by atoms with Crippen molar-refractivity contribution >= 4 is 128 Å². The van der Waals surface area contributed by atoms with Gasteiger partial charge in [0, 0.05) is 20.5 Å². The minimum atomic E-state index is -1.91. The number of carbonyl (C=O) groups excluding carboxylic acids is 4. The molecule has 8 aromatic carbocycles. The van der Waals surface area contributed by atoms with E-state index in [1.165, 1.54) is 70.1 Å². The van der Waals surface area contributed by atoms with Gasteiger partial charge in [-0.05, 0) is 125 Å². The van der Waals surface area contributed by atoms with E-state index in [0.717, 1.165) is 0 Å². The fourth-order valence-electron chi connectivity index (χ4n) is 7.00. The topological polar surface area (TPSA) is 254 Å². The van der Waals surface area contributed by atoms with Gasteiger partial charge in [-0.3, -0.25) is 0 Å². The monoisotopic (exact) mass is 1280 g/mol. The Hall–Kier alpha value is -5.37. The molecule has 0 atom stereocenters. The van der Waals surface area contributed by atoms with Crippen LogP contribution in [0.2, 0.25) is 0 Å². The number of benzene rings is 8. The van der Waals surface area contributed by atoms with Gasteiger partial charge in [-0.1, -0.05) is 146 Å².